The molecular weight excluding hydrogens is 328 g/mol. The van der Waals surface area contributed by atoms with Gasteiger partial charge in [0, 0.05) is 10.7 Å². The van der Waals surface area contributed by atoms with Crippen LogP contribution in [0, 0.1) is 13.8 Å². The van der Waals surface area contributed by atoms with Crippen LogP contribution in [0.15, 0.2) is 42.5 Å². The van der Waals surface area contributed by atoms with Crippen LogP contribution in [0.5, 0.6) is 5.75 Å². The number of nitrogens with one attached hydrogen (secondary N) is 2. The van der Waals surface area contributed by atoms with E-state index >= 15 is 0 Å². The van der Waals surface area contributed by atoms with E-state index in [0.717, 1.165) is 11.4 Å². The maximum atomic E-state index is 5.86. The van der Waals surface area contributed by atoms with Gasteiger partial charge in [0.15, 0.2) is 5.11 Å². The summed E-state index contributed by atoms with van der Waals surface area (Å²) in [6, 6.07) is 13.6. The molecule has 0 spiro atoms. The molecule has 0 aliphatic heterocycles. The third-order valence-electron chi connectivity index (χ3n) is 3.46. The van der Waals surface area contributed by atoms with Gasteiger partial charge < -0.3 is 15.4 Å². The van der Waals surface area contributed by atoms with E-state index in [1.165, 1.54) is 11.1 Å². The Morgan fingerprint density at radius 2 is 1.83 bits per heavy atom. The van der Waals surface area contributed by atoms with Gasteiger partial charge in [0.1, 0.15) is 12.4 Å². The van der Waals surface area contributed by atoms with Gasteiger partial charge in [-0.1, -0.05) is 17.7 Å². The lowest BCUT2D eigenvalue weighted by Gasteiger charge is -2.18. The summed E-state index contributed by atoms with van der Waals surface area (Å²) in [6.45, 7) is 6.72. The van der Waals surface area contributed by atoms with Crippen molar-refractivity contribution in [1.82, 2.24) is 5.32 Å². The van der Waals surface area contributed by atoms with Gasteiger partial charge in [0.25, 0.3) is 0 Å². The lowest BCUT2D eigenvalue weighted by molar-refractivity contribution is 0.287. The van der Waals surface area contributed by atoms with E-state index in [1.54, 1.807) is 0 Å². The molecule has 0 aliphatic rings. The Hall–Kier alpha value is -1.78. The molecule has 0 radical (unpaired) electrons. The number of anilines is 1. The van der Waals surface area contributed by atoms with E-state index in [2.05, 4.69) is 30.5 Å². The summed E-state index contributed by atoms with van der Waals surface area (Å²) in [5, 5.41) is 7.58. The van der Waals surface area contributed by atoms with Crippen molar-refractivity contribution in [3.63, 3.8) is 0 Å². The van der Waals surface area contributed by atoms with E-state index < -0.39 is 0 Å². The van der Waals surface area contributed by atoms with Crippen LogP contribution in [0.1, 0.15) is 18.1 Å². The van der Waals surface area contributed by atoms with Gasteiger partial charge in [-0.3, -0.25) is 0 Å². The highest BCUT2D eigenvalue weighted by molar-refractivity contribution is 7.80. The number of thiocarbonyl (C=S) groups is 1. The Balaban J connectivity index is 1.79. The molecule has 0 heterocycles. The molecule has 0 bridgehead atoms. The number of aryl methyl sites for hydroxylation is 2. The van der Waals surface area contributed by atoms with Gasteiger partial charge in [-0.05, 0) is 80.5 Å². The van der Waals surface area contributed by atoms with Crippen molar-refractivity contribution in [2.45, 2.75) is 26.8 Å². The van der Waals surface area contributed by atoms with E-state index in [1.807, 2.05) is 43.3 Å². The summed E-state index contributed by atoms with van der Waals surface area (Å²) < 4.78 is 5.80. The lowest BCUT2D eigenvalue weighted by Crippen LogP contribution is -2.39. The summed E-state index contributed by atoms with van der Waals surface area (Å²) in [5.41, 5.74) is 3.38. The highest BCUT2D eigenvalue weighted by atomic mass is 35.5. The Bertz CT molecular complexity index is 673. The molecule has 2 aromatic rings. The fraction of sp³-hybridized carbons (Fsp3) is 0.278. The first-order valence-electron chi connectivity index (χ1n) is 7.47. The molecule has 2 N–H and O–H groups in total. The SMILES string of the molecule is Cc1ccc(OCC(C)NC(=S)Nc2ccc(Cl)cc2)cc1C. The summed E-state index contributed by atoms with van der Waals surface area (Å²) in [6.07, 6.45) is 0. The first kappa shape index (κ1) is 17.6. The monoisotopic (exact) mass is 348 g/mol. The van der Waals surface area contributed by atoms with Gasteiger partial charge in [-0.15, -0.1) is 0 Å². The van der Waals surface area contributed by atoms with Crippen LogP contribution in [0.3, 0.4) is 0 Å². The lowest BCUT2D eigenvalue weighted by atomic mass is 10.1. The molecule has 0 saturated heterocycles. The molecule has 3 nitrogen and oxygen atoms in total. The second kappa shape index (κ2) is 8.18. The van der Waals surface area contributed by atoms with Gasteiger partial charge in [-0.25, -0.2) is 0 Å². The molecule has 5 heteroatoms. The van der Waals surface area contributed by atoms with Crippen LogP contribution in [-0.4, -0.2) is 17.8 Å². The summed E-state index contributed by atoms with van der Waals surface area (Å²) in [5.74, 6) is 0.873. The number of hydrogen-bond donors (Lipinski definition) is 2. The van der Waals surface area contributed by atoms with Gasteiger partial charge in [0.2, 0.25) is 0 Å². The van der Waals surface area contributed by atoms with Crippen LogP contribution >= 0.6 is 23.8 Å². The highest BCUT2D eigenvalue weighted by Gasteiger charge is 2.06. The number of halogens is 1. The average Bonchev–Trinajstić information content (AvgIpc) is 2.51. The van der Waals surface area contributed by atoms with Crippen molar-refractivity contribution >= 4 is 34.6 Å². The zero-order valence-corrected chi connectivity index (χ0v) is 15.1. The molecular formula is C18H21ClN2OS. The third kappa shape index (κ3) is 5.73. The molecule has 2 rings (SSSR count). The molecule has 0 aromatic heterocycles. The molecule has 1 atom stereocenters. The smallest absolute Gasteiger partial charge is 0.171 e. The zero-order valence-electron chi connectivity index (χ0n) is 13.5. The van der Waals surface area contributed by atoms with Crippen molar-refractivity contribution < 1.29 is 4.74 Å². The minimum absolute atomic E-state index is 0.0870. The zero-order chi connectivity index (χ0) is 16.8. The Morgan fingerprint density at radius 1 is 1.13 bits per heavy atom. The Kier molecular flexibility index (Phi) is 6.25. The maximum absolute atomic E-state index is 5.86. The van der Waals surface area contributed by atoms with E-state index in [4.69, 9.17) is 28.6 Å². The Morgan fingerprint density at radius 3 is 2.48 bits per heavy atom. The topological polar surface area (TPSA) is 33.3 Å². The standard InChI is InChI=1S/C18H21ClN2OS/c1-12-4-9-17(10-13(12)2)22-11-14(3)20-18(23)21-16-7-5-15(19)6-8-16/h4-10,14H,11H2,1-3H3,(H2,20,21,23). The normalized spacial score (nSPS) is 11.7. The molecule has 23 heavy (non-hydrogen) atoms. The van der Waals surface area contributed by atoms with Crippen LogP contribution in [0.2, 0.25) is 5.02 Å². The van der Waals surface area contributed by atoms with Crippen molar-refractivity contribution in [3.8, 4) is 5.75 Å². The van der Waals surface area contributed by atoms with Crippen molar-refractivity contribution in [2.75, 3.05) is 11.9 Å². The van der Waals surface area contributed by atoms with E-state index in [-0.39, 0.29) is 6.04 Å². The summed E-state index contributed by atoms with van der Waals surface area (Å²) in [7, 11) is 0. The average molecular weight is 349 g/mol. The molecule has 122 valence electrons. The quantitative estimate of drug-likeness (QED) is 0.766. The van der Waals surface area contributed by atoms with Gasteiger partial charge in [0.05, 0.1) is 6.04 Å². The molecule has 0 aliphatic carbocycles. The van der Waals surface area contributed by atoms with Crippen LogP contribution in [0.4, 0.5) is 5.69 Å². The molecule has 2 aromatic carbocycles. The van der Waals surface area contributed by atoms with E-state index in [9.17, 15) is 0 Å². The first-order chi connectivity index (χ1) is 10.9. The van der Waals surface area contributed by atoms with Crippen molar-refractivity contribution in [2.24, 2.45) is 0 Å². The summed E-state index contributed by atoms with van der Waals surface area (Å²) in [4.78, 5) is 0. The molecule has 1 unspecified atom stereocenters. The number of ether oxygens (including phenoxy) is 1. The van der Waals surface area contributed by atoms with E-state index in [0.29, 0.717) is 16.7 Å². The fourth-order valence-electron chi connectivity index (χ4n) is 1.99. The fourth-order valence-corrected chi connectivity index (χ4v) is 2.44. The summed E-state index contributed by atoms with van der Waals surface area (Å²) >= 11 is 11.2. The maximum Gasteiger partial charge on any atom is 0.171 e. The first-order valence-corrected chi connectivity index (χ1v) is 8.26. The number of hydrogen-bond acceptors (Lipinski definition) is 2. The minimum Gasteiger partial charge on any atom is -0.491 e. The molecule has 0 fully saturated rings. The largest absolute Gasteiger partial charge is 0.491 e. The predicted octanol–water partition coefficient (Wildman–Crippen LogP) is 4.71. The van der Waals surface area contributed by atoms with Crippen LogP contribution in [-0.2, 0) is 0 Å². The second-order valence-electron chi connectivity index (χ2n) is 5.56. The number of rotatable bonds is 5. The van der Waals surface area contributed by atoms with Crippen molar-refractivity contribution in [1.29, 1.82) is 0 Å². The van der Waals surface area contributed by atoms with Crippen molar-refractivity contribution in [3.05, 3.63) is 58.6 Å². The highest BCUT2D eigenvalue weighted by Crippen LogP contribution is 2.16. The van der Waals surface area contributed by atoms with Crippen LogP contribution < -0.4 is 15.4 Å². The van der Waals surface area contributed by atoms with Gasteiger partial charge >= 0.3 is 0 Å². The third-order valence-corrected chi connectivity index (χ3v) is 3.93. The van der Waals surface area contributed by atoms with Gasteiger partial charge in [-0.2, -0.15) is 0 Å². The predicted molar refractivity (Wildman–Crippen MR) is 102 cm³/mol. The Labute approximate surface area is 148 Å². The van der Waals surface area contributed by atoms with Crippen LogP contribution in [0.25, 0.3) is 0 Å². The molecule has 0 amide bonds. The minimum atomic E-state index is 0.0870. The second-order valence-corrected chi connectivity index (χ2v) is 6.41. The molecule has 0 saturated carbocycles. The number of benzene rings is 2.